The van der Waals surface area contributed by atoms with Crippen LogP contribution in [0.3, 0.4) is 0 Å². The SMILES string of the molecule is CCCCSc1nc(Cl)ncc1Br. The highest BCUT2D eigenvalue weighted by molar-refractivity contribution is 9.10. The molecule has 0 aliphatic carbocycles. The van der Waals surface area contributed by atoms with Gasteiger partial charge < -0.3 is 0 Å². The summed E-state index contributed by atoms with van der Waals surface area (Å²) in [5.74, 6) is 1.07. The molecule has 1 aromatic rings. The van der Waals surface area contributed by atoms with E-state index in [0.717, 1.165) is 15.3 Å². The number of unbranched alkanes of at least 4 members (excludes halogenated alkanes) is 1. The summed E-state index contributed by atoms with van der Waals surface area (Å²) in [5, 5.41) is 1.23. The zero-order chi connectivity index (χ0) is 9.68. The van der Waals surface area contributed by atoms with Gasteiger partial charge in [-0.1, -0.05) is 13.3 Å². The van der Waals surface area contributed by atoms with E-state index in [1.54, 1.807) is 18.0 Å². The van der Waals surface area contributed by atoms with Crippen molar-refractivity contribution < 1.29 is 0 Å². The largest absolute Gasteiger partial charge is 0.225 e. The molecule has 0 aromatic carbocycles. The van der Waals surface area contributed by atoms with E-state index in [1.807, 2.05) is 0 Å². The molecule has 0 saturated heterocycles. The third kappa shape index (κ3) is 3.83. The molecule has 2 nitrogen and oxygen atoms in total. The lowest BCUT2D eigenvalue weighted by Crippen LogP contribution is -1.88. The summed E-state index contributed by atoms with van der Waals surface area (Å²) in [6, 6.07) is 0. The molecule has 1 rings (SSSR count). The minimum atomic E-state index is 0.308. The summed E-state index contributed by atoms with van der Waals surface area (Å²) in [4.78, 5) is 7.98. The molecule has 0 amide bonds. The molecule has 0 aliphatic heterocycles. The van der Waals surface area contributed by atoms with Gasteiger partial charge in [0.05, 0.1) is 4.47 Å². The second-order valence-corrected chi connectivity index (χ2v) is 4.77. The average Bonchev–Trinajstić information content (AvgIpc) is 2.11. The van der Waals surface area contributed by atoms with Gasteiger partial charge in [0.15, 0.2) is 0 Å². The van der Waals surface area contributed by atoms with Gasteiger partial charge in [-0.3, -0.25) is 0 Å². The molecule has 0 bridgehead atoms. The van der Waals surface area contributed by atoms with Crippen molar-refractivity contribution in [2.24, 2.45) is 0 Å². The predicted octanol–water partition coefficient (Wildman–Crippen LogP) is 3.78. The summed E-state index contributed by atoms with van der Waals surface area (Å²) < 4.78 is 0.915. The van der Waals surface area contributed by atoms with Crippen molar-refractivity contribution in [1.82, 2.24) is 9.97 Å². The smallest absolute Gasteiger partial charge is 0.223 e. The Morgan fingerprint density at radius 3 is 3.08 bits per heavy atom. The van der Waals surface area contributed by atoms with Crippen molar-refractivity contribution in [3.05, 3.63) is 16.0 Å². The van der Waals surface area contributed by atoms with Gasteiger partial charge in [-0.15, -0.1) is 11.8 Å². The Balaban J connectivity index is 2.59. The van der Waals surface area contributed by atoms with Crippen LogP contribution in [0.25, 0.3) is 0 Å². The lowest BCUT2D eigenvalue weighted by molar-refractivity contribution is 0.893. The standard InChI is InChI=1S/C8H10BrClN2S/c1-2-3-4-13-7-6(9)5-11-8(10)12-7/h5H,2-4H2,1H3. The van der Waals surface area contributed by atoms with Crippen molar-refractivity contribution in [2.75, 3.05) is 5.75 Å². The Hall–Kier alpha value is 0.200. The van der Waals surface area contributed by atoms with Crippen molar-refractivity contribution in [1.29, 1.82) is 0 Å². The topological polar surface area (TPSA) is 25.8 Å². The predicted molar refractivity (Wildman–Crippen MR) is 60.4 cm³/mol. The van der Waals surface area contributed by atoms with E-state index in [-0.39, 0.29) is 0 Å². The Bertz CT molecular complexity index is 283. The number of hydrogen-bond acceptors (Lipinski definition) is 3. The summed E-state index contributed by atoms with van der Waals surface area (Å²) in [7, 11) is 0. The van der Waals surface area contributed by atoms with Crippen molar-refractivity contribution in [3.63, 3.8) is 0 Å². The number of rotatable bonds is 4. The number of nitrogens with zero attached hydrogens (tertiary/aromatic N) is 2. The molecule has 72 valence electrons. The normalized spacial score (nSPS) is 10.4. The molecule has 0 spiro atoms. The second-order valence-electron chi connectivity index (χ2n) is 2.49. The van der Waals surface area contributed by atoms with Crippen LogP contribution in [0.2, 0.25) is 5.28 Å². The Kier molecular flexibility index (Phi) is 5.06. The molecule has 13 heavy (non-hydrogen) atoms. The van der Waals surface area contributed by atoms with Gasteiger partial charge in [0.25, 0.3) is 0 Å². The maximum atomic E-state index is 5.67. The van der Waals surface area contributed by atoms with Crippen LogP contribution >= 0.6 is 39.3 Å². The summed E-state index contributed by atoms with van der Waals surface area (Å²) in [6.07, 6.45) is 4.08. The fourth-order valence-corrected chi connectivity index (χ4v) is 2.43. The molecular weight excluding hydrogens is 272 g/mol. The molecule has 0 saturated carbocycles. The summed E-state index contributed by atoms with van der Waals surface area (Å²) in [6.45, 7) is 2.17. The van der Waals surface area contributed by atoms with Gasteiger partial charge in [-0.25, -0.2) is 9.97 Å². The van der Waals surface area contributed by atoms with Gasteiger partial charge in [-0.05, 0) is 39.7 Å². The maximum absolute atomic E-state index is 5.67. The van der Waals surface area contributed by atoms with E-state index in [0.29, 0.717) is 5.28 Å². The highest BCUT2D eigenvalue weighted by Crippen LogP contribution is 2.26. The third-order valence-corrected chi connectivity index (χ3v) is 3.52. The van der Waals surface area contributed by atoms with Gasteiger partial charge in [0.2, 0.25) is 5.28 Å². The molecule has 0 N–H and O–H groups in total. The number of halogens is 2. The van der Waals surface area contributed by atoms with E-state index < -0.39 is 0 Å². The minimum Gasteiger partial charge on any atom is -0.225 e. The Morgan fingerprint density at radius 2 is 2.38 bits per heavy atom. The molecule has 1 heterocycles. The van der Waals surface area contributed by atoms with Gasteiger partial charge in [0, 0.05) is 6.20 Å². The summed E-state index contributed by atoms with van der Waals surface area (Å²) >= 11 is 10.8. The van der Waals surface area contributed by atoms with Crippen LogP contribution in [0.1, 0.15) is 19.8 Å². The average molecular weight is 282 g/mol. The molecule has 0 aliphatic rings. The molecule has 5 heteroatoms. The first kappa shape index (κ1) is 11.3. The maximum Gasteiger partial charge on any atom is 0.223 e. The monoisotopic (exact) mass is 280 g/mol. The van der Waals surface area contributed by atoms with Crippen molar-refractivity contribution in [2.45, 2.75) is 24.8 Å². The van der Waals surface area contributed by atoms with Crippen LogP contribution in [-0.4, -0.2) is 15.7 Å². The van der Waals surface area contributed by atoms with E-state index in [4.69, 9.17) is 11.6 Å². The minimum absolute atomic E-state index is 0.308. The summed E-state index contributed by atoms with van der Waals surface area (Å²) in [5.41, 5.74) is 0. The van der Waals surface area contributed by atoms with Crippen LogP contribution in [0.5, 0.6) is 0 Å². The number of thioether (sulfide) groups is 1. The first-order valence-corrected chi connectivity index (χ1v) is 6.20. The molecule has 0 atom stereocenters. The van der Waals surface area contributed by atoms with Gasteiger partial charge in [0.1, 0.15) is 5.03 Å². The first-order chi connectivity index (χ1) is 6.24. The first-order valence-electron chi connectivity index (χ1n) is 4.05. The zero-order valence-corrected chi connectivity index (χ0v) is 10.4. The quantitative estimate of drug-likeness (QED) is 0.363. The second kappa shape index (κ2) is 5.83. The van der Waals surface area contributed by atoms with E-state index in [1.165, 1.54) is 12.8 Å². The zero-order valence-electron chi connectivity index (χ0n) is 7.26. The number of aromatic nitrogens is 2. The van der Waals surface area contributed by atoms with E-state index in [9.17, 15) is 0 Å². The van der Waals surface area contributed by atoms with Crippen LogP contribution in [0.4, 0.5) is 0 Å². The van der Waals surface area contributed by atoms with Crippen LogP contribution in [0.15, 0.2) is 15.7 Å². The fourth-order valence-electron chi connectivity index (χ4n) is 0.746. The van der Waals surface area contributed by atoms with Crippen LogP contribution in [0, 0.1) is 0 Å². The van der Waals surface area contributed by atoms with Gasteiger partial charge >= 0.3 is 0 Å². The molecule has 1 aromatic heterocycles. The third-order valence-electron chi connectivity index (χ3n) is 1.42. The van der Waals surface area contributed by atoms with Gasteiger partial charge in [-0.2, -0.15) is 0 Å². The lowest BCUT2D eigenvalue weighted by atomic mass is 10.4. The van der Waals surface area contributed by atoms with Crippen LogP contribution < -0.4 is 0 Å². The molecule has 0 radical (unpaired) electrons. The van der Waals surface area contributed by atoms with Crippen LogP contribution in [-0.2, 0) is 0 Å². The van der Waals surface area contributed by atoms with E-state index >= 15 is 0 Å². The fraction of sp³-hybridized carbons (Fsp3) is 0.500. The van der Waals surface area contributed by atoms with Crippen molar-refractivity contribution >= 4 is 39.3 Å². The Morgan fingerprint density at radius 1 is 1.62 bits per heavy atom. The molecular formula is C8H10BrClN2S. The highest BCUT2D eigenvalue weighted by atomic mass is 79.9. The lowest BCUT2D eigenvalue weighted by Gasteiger charge is -2.01. The van der Waals surface area contributed by atoms with Crippen molar-refractivity contribution in [3.8, 4) is 0 Å². The Labute approximate surface area is 95.6 Å². The molecule has 0 fully saturated rings. The number of hydrogen-bond donors (Lipinski definition) is 0. The highest BCUT2D eigenvalue weighted by Gasteiger charge is 2.03. The van der Waals surface area contributed by atoms with E-state index in [2.05, 4.69) is 32.8 Å². The molecule has 0 unspecified atom stereocenters.